The summed E-state index contributed by atoms with van der Waals surface area (Å²) in [5.74, 6) is 5.79. The maximum absolute atomic E-state index is 12.5. The number of sulfone groups is 1. The van der Waals surface area contributed by atoms with E-state index in [0.717, 1.165) is 42.2 Å². The van der Waals surface area contributed by atoms with E-state index in [9.17, 15) is 18.3 Å². The predicted molar refractivity (Wildman–Crippen MR) is 131 cm³/mol. The van der Waals surface area contributed by atoms with Crippen LogP contribution in [-0.4, -0.2) is 66.7 Å². The molecule has 0 aromatic heterocycles. The van der Waals surface area contributed by atoms with Crippen molar-refractivity contribution in [2.24, 2.45) is 11.7 Å². The first-order chi connectivity index (χ1) is 16.1. The van der Waals surface area contributed by atoms with Gasteiger partial charge < -0.3 is 20.8 Å². The third kappa shape index (κ3) is 7.67. The topological polar surface area (TPSA) is 121 Å². The molecule has 3 rings (SSSR count). The molecule has 4 N–H and O–H groups in total. The monoisotopic (exact) mass is 484 g/mol. The first-order valence-corrected chi connectivity index (χ1v) is 13.4. The first kappa shape index (κ1) is 25.9. The Labute approximate surface area is 201 Å². The van der Waals surface area contributed by atoms with Crippen molar-refractivity contribution in [3.05, 3.63) is 70.8 Å². The molecular formula is C26H32N2O5S. The zero-order valence-electron chi connectivity index (χ0n) is 19.4. The van der Waals surface area contributed by atoms with E-state index < -0.39 is 33.6 Å². The molecule has 0 radical (unpaired) electrons. The number of carbonyl (C=O) groups excluding carboxylic acids is 1. The number of hydrogen-bond donors (Lipinski definition) is 3. The fourth-order valence-electron chi connectivity index (χ4n) is 4.04. The number of rotatable bonds is 7. The van der Waals surface area contributed by atoms with Gasteiger partial charge in [0.2, 0.25) is 5.91 Å². The number of piperidine rings is 1. The molecule has 0 saturated carbocycles. The second-order valence-corrected chi connectivity index (χ2v) is 11.1. The highest BCUT2D eigenvalue weighted by molar-refractivity contribution is 7.90. The number of aliphatic hydroxyl groups excluding tert-OH is 2. The Morgan fingerprint density at radius 3 is 2.00 bits per heavy atom. The molecule has 0 spiro atoms. The molecule has 1 fully saturated rings. The summed E-state index contributed by atoms with van der Waals surface area (Å²) in [6.07, 6.45) is 2.16. The van der Waals surface area contributed by atoms with Gasteiger partial charge in [0.05, 0.1) is 18.5 Å². The molecule has 2 atom stereocenters. The Morgan fingerprint density at radius 2 is 1.53 bits per heavy atom. The van der Waals surface area contributed by atoms with Crippen LogP contribution in [0.2, 0.25) is 0 Å². The van der Waals surface area contributed by atoms with Gasteiger partial charge >= 0.3 is 0 Å². The molecule has 1 saturated heterocycles. The number of carbonyl (C=O) groups is 1. The van der Waals surface area contributed by atoms with Crippen molar-refractivity contribution in [2.75, 3.05) is 25.1 Å². The molecule has 7 nitrogen and oxygen atoms in total. The average Bonchev–Trinajstić information content (AvgIpc) is 2.82. The Bertz CT molecular complexity index is 1130. The summed E-state index contributed by atoms with van der Waals surface area (Å²) in [5.41, 5.74) is 9.71. The second-order valence-electron chi connectivity index (χ2n) is 8.96. The van der Waals surface area contributed by atoms with Crippen LogP contribution in [-0.2, 0) is 27.7 Å². The lowest BCUT2D eigenvalue weighted by atomic mass is 9.89. The predicted octanol–water partition coefficient (Wildman–Crippen LogP) is 1.09. The van der Waals surface area contributed by atoms with Gasteiger partial charge in [0, 0.05) is 30.5 Å². The molecule has 8 heteroatoms. The van der Waals surface area contributed by atoms with E-state index in [0.29, 0.717) is 19.0 Å². The maximum Gasteiger partial charge on any atom is 0.242 e. The number of benzene rings is 2. The van der Waals surface area contributed by atoms with Crippen molar-refractivity contribution in [3.63, 3.8) is 0 Å². The van der Waals surface area contributed by atoms with E-state index in [-0.39, 0.29) is 6.61 Å². The minimum absolute atomic E-state index is 0.0204. The molecular weight excluding hydrogens is 452 g/mol. The lowest BCUT2D eigenvalue weighted by Crippen LogP contribution is -2.53. The Hall–Kier alpha value is -2.70. The summed E-state index contributed by atoms with van der Waals surface area (Å²) < 4.78 is 22.7. The van der Waals surface area contributed by atoms with Gasteiger partial charge in [0.15, 0.2) is 0 Å². The van der Waals surface area contributed by atoms with Crippen molar-refractivity contribution in [1.29, 1.82) is 0 Å². The van der Waals surface area contributed by atoms with Gasteiger partial charge in [0.1, 0.15) is 15.9 Å². The second kappa shape index (κ2) is 11.6. The van der Waals surface area contributed by atoms with Crippen LogP contribution in [0.4, 0.5) is 0 Å². The lowest BCUT2D eigenvalue weighted by Gasteiger charge is -2.34. The number of nitrogens with two attached hydrogens (primary N) is 1. The van der Waals surface area contributed by atoms with Gasteiger partial charge in [-0.05, 0) is 60.6 Å². The number of aliphatic hydroxyl groups is 2. The van der Waals surface area contributed by atoms with E-state index >= 15 is 0 Å². The van der Waals surface area contributed by atoms with Crippen LogP contribution in [0.5, 0.6) is 0 Å². The smallest absolute Gasteiger partial charge is 0.242 e. The van der Waals surface area contributed by atoms with Crippen LogP contribution < -0.4 is 5.73 Å². The van der Waals surface area contributed by atoms with E-state index in [2.05, 4.69) is 24.0 Å². The normalized spacial score (nSPS) is 16.4. The molecule has 1 aliphatic heterocycles. The lowest BCUT2D eigenvalue weighted by molar-refractivity contribution is -0.136. The largest absolute Gasteiger partial charge is 0.392 e. The highest BCUT2D eigenvalue weighted by Gasteiger charge is 2.31. The quantitative estimate of drug-likeness (QED) is 0.506. The Morgan fingerprint density at radius 1 is 1.03 bits per heavy atom. The maximum atomic E-state index is 12.5. The number of likely N-dealkylation sites (tertiary alicyclic amines) is 1. The minimum Gasteiger partial charge on any atom is -0.392 e. The highest BCUT2D eigenvalue weighted by Crippen LogP contribution is 2.22. The number of amides is 1. The Kier molecular flexibility index (Phi) is 8.86. The molecule has 0 unspecified atom stereocenters. The van der Waals surface area contributed by atoms with E-state index in [1.54, 1.807) is 4.90 Å². The van der Waals surface area contributed by atoms with Crippen molar-refractivity contribution in [3.8, 4) is 11.8 Å². The molecule has 0 aliphatic carbocycles. The van der Waals surface area contributed by atoms with E-state index in [4.69, 9.17) is 10.8 Å². The van der Waals surface area contributed by atoms with Gasteiger partial charge in [-0.1, -0.05) is 36.1 Å². The fraction of sp³-hybridized carbons (Fsp3) is 0.423. The molecule has 2 aromatic rings. The molecule has 2 aromatic carbocycles. The zero-order valence-corrected chi connectivity index (χ0v) is 20.2. The van der Waals surface area contributed by atoms with Gasteiger partial charge in [-0.2, -0.15) is 0 Å². The summed E-state index contributed by atoms with van der Waals surface area (Å²) in [7, 11) is -3.42. The minimum atomic E-state index is -3.42. The van der Waals surface area contributed by atoms with Gasteiger partial charge in [-0.15, -0.1) is 0 Å². The van der Waals surface area contributed by atoms with Crippen LogP contribution >= 0.6 is 0 Å². The summed E-state index contributed by atoms with van der Waals surface area (Å²) in [6, 6.07) is 14.4. The number of hydrogen-bond acceptors (Lipinski definition) is 6. The van der Waals surface area contributed by atoms with E-state index in [1.165, 1.54) is 5.56 Å². The summed E-state index contributed by atoms with van der Waals surface area (Å²) in [4.78, 5) is 14.2. The van der Waals surface area contributed by atoms with Crippen LogP contribution in [0.25, 0.3) is 0 Å². The molecule has 34 heavy (non-hydrogen) atoms. The van der Waals surface area contributed by atoms with Crippen LogP contribution in [0.15, 0.2) is 48.5 Å². The fourth-order valence-corrected chi connectivity index (χ4v) is 4.87. The average molecular weight is 485 g/mol. The Balaban J connectivity index is 1.48. The van der Waals surface area contributed by atoms with Crippen LogP contribution in [0.1, 0.15) is 35.1 Å². The van der Waals surface area contributed by atoms with Crippen molar-refractivity contribution < 1.29 is 23.4 Å². The zero-order chi connectivity index (χ0) is 24.7. The van der Waals surface area contributed by atoms with Crippen LogP contribution in [0, 0.1) is 17.8 Å². The van der Waals surface area contributed by atoms with Gasteiger partial charge in [-0.25, -0.2) is 8.42 Å². The molecule has 0 bridgehead atoms. The molecule has 1 aliphatic rings. The van der Waals surface area contributed by atoms with Crippen molar-refractivity contribution in [2.45, 2.75) is 38.0 Å². The van der Waals surface area contributed by atoms with Gasteiger partial charge in [-0.3, -0.25) is 4.79 Å². The summed E-state index contributed by atoms with van der Waals surface area (Å²) >= 11 is 0. The summed E-state index contributed by atoms with van der Waals surface area (Å²) in [6.45, 7) is 1.11. The summed E-state index contributed by atoms with van der Waals surface area (Å²) in [5, 5.41) is 19.1. The highest BCUT2D eigenvalue weighted by atomic mass is 32.2. The third-order valence-electron chi connectivity index (χ3n) is 6.07. The van der Waals surface area contributed by atoms with Crippen molar-refractivity contribution in [1.82, 2.24) is 4.90 Å². The third-order valence-corrected chi connectivity index (χ3v) is 7.01. The molecule has 1 amide bonds. The molecule has 1 heterocycles. The SMILES string of the molecule is CS(=O)(=O)C[C@H](O)[C@@H](N)C(=O)N1CCC(Cc2ccc(C#Cc3ccc(CO)cc3)cc2)CC1. The van der Waals surface area contributed by atoms with Crippen molar-refractivity contribution >= 4 is 15.7 Å². The van der Waals surface area contributed by atoms with E-state index in [1.807, 2.05) is 36.4 Å². The van der Waals surface area contributed by atoms with Gasteiger partial charge in [0.25, 0.3) is 0 Å². The first-order valence-electron chi connectivity index (χ1n) is 11.4. The number of nitrogens with zero attached hydrogens (tertiary/aromatic N) is 1. The molecule has 182 valence electrons. The van der Waals surface area contributed by atoms with Crippen LogP contribution in [0.3, 0.4) is 0 Å². The standard InChI is InChI=1S/C26H32N2O5S/c1-34(32,33)18-24(30)25(27)26(31)28-14-12-22(13-15-28)16-21-8-4-19(5-9-21)2-3-20-6-10-23(17-29)11-7-20/h4-11,22,24-25,29-30H,12-18,27H2,1H3/t24-,25+/m0/s1.